The highest BCUT2D eigenvalue weighted by Gasteiger charge is 2.29. The molecule has 6 heteroatoms. The van der Waals surface area contributed by atoms with E-state index in [-0.39, 0.29) is 17.8 Å². The minimum absolute atomic E-state index is 0.0383. The second-order valence-corrected chi connectivity index (χ2v) is 6.99. The molecule has 25 heavy (non-hydrogen) atoms. The number of aryl methyl sites for hydroxylation is 1. The van der Waals surface area contributed by atoms with E-state index in [4.69, 9.17) is 9.84 Å². The molecule has 2 aromatic rings. The largest absolute Gasteiger partial charge is 0.482 e. The first-order valence-corrected chi connectivity index (χ1v) is 9.03. The molecule has 0 spiro atoms. The lowest BCUT2D eigenvalue weighted by Crippen LogP contribution is -2.32. The molecule has 0 fully saturated rings. The Labute approximate surface area is 150 Å². The van der Waals surface area contributed by atoms with Crippen molar-refractivity contribution < 1.29 is 19.4 Å². The number of ether oxygens (including phenoxy) is 1. The average molecular weight is 357 g/mol. The standard InChI is InChI=1S/C19H19NO4S/c1-20(14-6-8-15(9-7-14)24-12-17(21)22)19(23)18-16-5-3-2-4-13(16)10-11-25-18/h2-9,18H,10-12H2,1H3,(H,21,22). The van der Waals surface area contributed by atoms with E-state index in [1.165, 1.54) is 5.56 Å². The van der Waals surface area contributed by atoms with Gasteiger partial charge in [0.25, 0.3) is 0 Å². The summed E-state index contributed by atoms with van der Waals surface area (Å²) in [5, 5.41) is 8.44. The van der Waals surface area contributed by atoms with Crippen LogP contribution in [-0.4, -0.2) is 36.4 Å². The first-order chi connectivity index (χ1) is 12.1. The van der Waals surface area contributed by atoms with Gasteiger partial charge in [-0.2, -0.15) is 0 Å². The third-order valence-electron chi connectivity index (χ3n) is 4.13. The Balaban J connectivity index is 1.74. The Morgan fingerprint density at radius 3 is 2.64 bits per heavy atom. The third-order valence-corrected chi connectivity index (χ3v) is 5.36. The number of carbonyl (C=O) groups is 2. The monoisotopic (exact) mass is 357 g/mol. The van der Waals surface area contributed by atoms with Gasteiger partial charge in [0.05, 0.1) is 0 Å². The maximum Gasteiger partial charge on any atom is 0.341 e. The molecule has 1 amide bonds. The average Bonchev–Trinajstić information content (AvgIpc) is 2.65. The minimum atomic E-state index is -1.02. The SMILES string of the molecule is CN(C(=O)C1SCCc2ccccc21)c1ccc(OCC(=O)O)cc1. The van der Waals surface area contributed by atoms with Gasteiger partial charge in [0.1, 0.15) is 11.0 Å². The molecule has 1 atom stereocenters. The van der Waals surface area contributed by atoms with Crippen LogP contribution in [0, 0.1) is 0 Å². The van der Waals surface area contributed by atoms with Crippen molar-refractivity contribution in [2.75, 3.05) is 24.3 Å². The second kappa shape index (κ2) is 7.61. The number of hydrogen-bond donors (Lipinski definition) is 1. The highest BCUT2D eigenvalue weighted by atomic mass is 32.2. The van der Waals surface area contributed by atoms with E-state index in [1.54, 1.807) is 48.0 Å². The van der Waals surface area contributed by atoms with Crippen molar-refractivity contribution in [3.05, 3.63) is 59.7 Å². The van der Waals surface area contributed by atoms with Crippen LogP contribution in [0.5, 0.6) is 5.75 Å². The zero-order valence-electron chi connectivity index (χ0n) is 13.8. The van der Waals surface area contributed by atoms with Crippen molar-refractivity contribution in [1.82, 2.24) is 0 Å². The number of carboxylic acid groups (broad SMARTS) is 1. The number of fused-ring (bicyclic) bond motifs is 1. The zero-order chi connectivity index (χ0) is 17.8. The van der Waals surface area contributed by atoms with Crippen molar-refractivity contribution in [3.63, 3.8) is 0 Å². The van der Waals surface area contributed by atoms with Crippen LogP contribution in [0.25, 0.3) is 0 Å². The molecule has 1 aliphatic rings. The van der Waals surface area contributed by atoms with Crippen LogP contribution in [0.2, 0.25) is 0 Å². The second-order valence-electron chi connectivity index (χ2n) is 5.77. The lowest BCUT2D eigenvalue weighted by atomic mass is 10.0. The third kappa shape index (κ3) is 3.96. The molecular formula is C19H19NO4S. The molecule has 1 unspecified atom stereocenters. The van der Waals surface area contributed by atoms with Gasteiger partial charge in [-0.05, 0) is 47.6 Å². The number of rotatable bonds is 5. The summed E-state index contributed by atoms with van der Waals surface area (Å²) in [4.78, 5) is 25.1. The smallest absolute Gasteiger partial charge is 0.341 e. The summed E-state index contributed by atoms with van der Waals surface area (Å²) in [5.41, 5.74) is 3.08. The Hall–Kier alpha value is -2.47. The first-order valence-electron chi connectivity index (χ1n) is 7.98. The van der Waals surface area contributed by atoms with Gasteiger partial charge in [0, 0.05) is 12.7 Å². The van der Waals surface area contributed by atoms with Gasteiger partial charge >= 0.3 is 5.97 Å². The molecule has 5 nitrogen and oxygen atoms in total. The van der Waals surface area contributed by atoms with Crippen molar-refractivity contribution in [1.29, 1.82) is 0 Å². The van der Waals surface area contributed by atoms with Crippen molar-refractivity contribution in [2.45, 2.75) is 11.7 Å². The normalized spacial score (nSPS) is 16.0. The number of anilines is 1. The number of thioether (sulfide) groups is 1. The number of carboxylic acids is 1. The fourth-order valence-electron chi connectivity index (χ4n) is 2.81. The van der Waals surface area contributed by atoms with Crippen LogP contribution in [0.3, 0.4) is 0 Å². The topological polar surface area (TPSA) is 66.8 Å². The molecule has 0 bridgehead atoms. The molecule has 1 aliphatic heterocycles. The fourth-order valence-corrected chi connectivity index (χ4v) is 4.10. The van der Waals surface area contributed by atoms with Crippen molar-refractivity contribution >= 4 is 29.3 Å². The van der Waals surface area contributed by atoms with Crippen molar-refractivity contribution in [3.8, 4) is 5.75 Å². The molecule has 1 heterocycles. The molecular weight excluding hydrogens is 338 g/mol. The zero-order valence-corrected chi connectivity index (χ0v) is 14.7. The highest BCUT2D eigenvalue weighted by molar-refractivity contribution is 8.00. The summed E-state index contributed by atoms with van der Waals surface area (Å²) in [7, 11) is 1.76. The Kier molecular flexibility index (Phi) is 5.28. The number of benzene rings is 2. The maximum absolute atomic E-state index is 13.0. The Bertz CT molecular complexity index is 775. The predicted molar refractivity (Wildman–Crippen MR) is 98.3 cm³/mol. The first kappa shape index (κ1) is 17.4. The molecule has 0 saturated carbocycles. The minimum Gasteiger partial charge on any atom is -0.482 e. The van der Waals surface area contributed by atoms with Crippen LogP contribution >= 0.6 is 11.8 Å². The number of nitrogens with zero attached hydrogens (tertiary/aromatic N) is 1. The summed E-state index contributed by atoms with van der Waals surface area (Å²) in [6, 6.07) is 15.0. The molecule has 0 saturated heterocycles. The summed E-state index contributed by atoms with van der Waals surface area (Å²) >= 11 is 1.67. The number of aliphatic carboxylic acids is 1. The molecule has 130 valence electrons. The molecule has 0 aliphatic carbocycles. The molecule has 0 aromatic heterocycles. The van der Waals surface area contributed by atoms with Crippen LogP contribution in [0.15, 0.2) is 48.5 Å². The molecule has 1 N–H and O–H groups in total. The lowest BCUT2D eigenvalue weighted by Gasteiger charge is -2.28. The van der Waals surface area contributed by atoms with E-state index >= 15 is 0 Å². The number of hydrogen-bond acceptors (Lipinski definition) is 4. The summed E-state index contributed by atoms with van der Waals surface area (Å²) in [5.74, 6) is 0.411. The molecule has 0 radical (unpaired) electrons. The van der Waals surface area contributed by atoms with E-state index in [1.807, 2.05) is 18.2 Å². The van der Waals surface area contributed by atoms with E-state index in [0.717, 1.165) is 23.4 Å². The molecule has 3 rings (SSSR count). The molecule has 2 aromatic carbocycles. The summed E-state index contributed by atoms with van der Waals surface area (Å²) < 4.78 is 5.12. The lowest BCUT2D eigenvalue weighted by molar-refractivity contribution is -0.139. The highest BCUT2D eigenvalue weighted by Crippen LogP contribution is 2.38. The number of amides is 1. The van der Waals surface area contributed by atoms with Gasteiger partial charge in [-0.1, -0.05) is 24.3 Å². The van der Waals surface area contributed by atoms with E-state index in [9.17, 15) is 9.59 Å². The number of likely N-dealkylation sites (N-methyl/N-ethyl adjacent to an activating group) is 1. The van der Waals surface area contributed by atoms with E-state index in [2.05, 4.69) is 6.07 Å². The van der Waals surface area contributed by atoms with Gasteiger partial charge in [0.2, 0.25) is 5.91 Å². The van der Waals surface area contributed by atoms with E-state index in [0.29, 0.717) is 5.75 Å². The summed E-state index contributed by atoms with van der Waals surface area (Å²) in [6.45, 7) is -0.385. The number of carbonyl (C=O) groups excluding carboxylic acids is 1. The summed E-state index contributed by atoms with van der Waals surface area (Å²) in [6.07, 6.45) is 0.990. The van der Waals surface area contributed by atoms with Crippen LogP contribution in [-0.2, 0) is 16.0 Å². The van der Waals surface area contributed by atoms with Crippen LogP contribution in [0.1, 0.15) is 16.4 Å². The Morgan fingerprint density at radius 2 is 1.92 bits per heavy atom. The van der Waals surface area contributed by atoms with Gasteiger partial charge in [-0.3, -0.25) is 4.79 Å². The quantitative estimate of drug-likeness (QED) is 0.890. The van der Waals surface area contributed by atoms with Gasteiger partial charge in [0.15, 0.2) is 6.61 Å². The van der Waals surface area contributed by atoms with Gasteiger partial charge in [-0.15, -0.1) is 11.8 Å². The van der Waals surface area contributed by atoms with Gasteiger partial charge < -0.3 is 14.7 Å². The van der Waals surface area contributed by atoms with Crippen LogP contribution < -0.4 is 9.64 Å². The predicted octanol–water partition coefficient (Wildman–Crippen LogP) is 3.14. The van der Waals surface area contributed by atoms with E-state index < -0.39 is 5.97 Å². The Morgan fingerprint density at radius 1 is 1.20 bits per heavy atom. The van der Waals surface area contributed by atoms with Gasteiger partial charge in [-0.25, -0.2) is 4.79 Å². The van der Waals surface area contributed by atoms with Crippen LogP contribution in [0.4, 0.5) is 5.69 Å². The fraction of sp³-hybridized carbons (Fsp3) is 0.263. The van der Waals surface area contributed by atoms with Crippen molar-refractivity contribution in [2.24, 2.45) is 0 Å². The maximum atomic E-state index is 13.0.